The summed E-state index contributed by atoms with van der Waals surface area (Å²) in [6.07, 6.45) is 3.13. The molecule has 7 heteroatoms. The minimum Gasteiger partial charge on any atom is -0.489 e. The highest BCUT2D eigenvalue weighted by atomic mass is 32.1. The van der Waals surface area contributed by atoms with Crippen molar-refractivity contribution >= 4 is 28.1 Å². The van der Waals surface area contributed by atoms with Crippen LogP contribution >= 0.6 is 11.3 Å². The van der Waals surface area contributed by atoms with Gasteiger partial charge in [0.05, 0.1) is 16.4 Å². The van der Waals surface area contributed by atoms with E-state index in [1.807, 2.05) is 54.8 Å². The largest absolute Gasteiger partial charge is 0.489 e. The highest BCUT2D eigenvalue weighted by Crippen LogP contribution is 2.57. The fourth-order valence-corrected chi connectivity index (χ4v) is 5.35. The number of nitrogens with one attached hydrogen (secondary N) is 1. The molecule has 2 heterocycles. The van der Waals surface area contributed by atoms with Crippen molar-refractivity contribution < 1.29 is 14.7 Å². The van der Waals surface area contributed by atoms with Crippen molar-refractivity contribution in [3.63, 3.8) is 0 Å². The predicted octanol–water partition coefficient (Wildman–Crippen LogP) is 4.58. The van der Waals surface area contributed by atoms with Gasteiger partial charge in [0.15, 0.2) is 0 Å². The van der Waals surface area contributed by atoms with Gasteiger partial charge in [-0.2, -0.15) is 0 Å². The van der Waals surface area contributed by atoms with E-state index in [2.05, 4.69) is 22.1 Å². The number of ether oxygens (including phenoxy) is 1. The highest BCUT2D eigenvalue weighted by molar-refractivity contribution is 7.09. The summed E-state index contributed by atoms with van der Waals surface area (Å²) in [6.45, 7) is 2.45. The zero-order chi connectivity index (χ0) is 22.1. The van der Waals surface area contributed by atoms with E-state index in [4.69, 9.17) is 9.94 Å². The smallest absolute Gasteiger partial charge is 0.247 e. The molecule has 2 aromatic heterocycles. The Bertz CT molecular complexity index is 1260. The van der Waals surface area contributed by atoms with E-state index in [-0.39, 0.29) is 17.2 Å². The third kappa shape index (κ3) is 3.85. The Morgan fingerprint density at radius 3 is 2.81 bits per heavy atom. The second-order valence-corrected chi connectivity index (χ2v) is 9.17. The molecule has 1 aliphatic rings. The minimum atomic E-state index is -0.350. The quantitative estimate of drug-likeness (QED) is 0.321. The number of rotatable bonds is 7. The number of hydrogen-bond donors (Lipinski definition) is 2. The van der Waals surface area contributed by atoms with Gasteiger partial charge in [-0.25, -0.2) is 10.5 Å². The number of amides is 1. The summed E-state index contributed by atoms with van der Waals surface area (Å²) in [5, 5.41) is 13.0. The van der Waals surface area contributed by atoms with Crippen molar-refractivity contribution in [3.8, 4) is 5.75 Å². The molecule has 5 rings (SSSR count). The number of thiazole rings is 1. The van der Waals surface area contributed by atoms with Crippen molar-refractivity contribution in [3.05, 3.63) is 88.0 Å². The van der Waals surface area contributed by atoms with Crippen molar-refractivity contribution in [2.24, 2.45) is 5.92 Å². The molecular weight excluding hydrogens is 422 g/mol. The molecular formula is C25H23N3O3S. The molecule has 1 fully saturated rings. The molecule has 2 atom stereocenters. The van der Waals surface area contributed by atoms with Crippen molar-refractivity contribution in [2.45, 2.75) is 31.8 Å². The van der Waals surface area contributed by atoms with Gasteiger partial charge < -0.3 is 4.74 Å². The van der Waals surface area contributed by atoms with Crippen LogP contribution in [0.5, 0.6) is 5.75 Å². The molecule has 4 aromatic rings. The number of benzene rings is 2. The number of aromatic nitrogens is 2. The SMILES string of the molecule is Cc1cc(COc2ccc(C[C@]3(c4nccs4)C[C@@H]3C(=O)NO)cc2)c2ccccc2n1. The Balaban J connectivity index is 1.30. The van der Waals surface area contributed by atoms with Crippen LogP contribution in [0.1, 0.15) is 28.2 Å². The number of para-hydroxylation sites is 1. The fraction of sp³-hybridized carbons (Fsp3) is 0.240. The first kappa shape index (κ1) is 20.6. The number of hydrogen-bond acceptors (Lipinski definition) is 6. The molecule has 1 amide bonds. The molecule has 0 aliphatic heterocycles. The van der Waals surface area contributed by atoms with Gasteiger partial charge >= 0.3 is 0 Å². The summed E-state index contributed by atoms with van der Waals surface area (Å²) in [5.41, 5.74) is 5.60. The lowest BCUT2D eigenvalue weighted by molar-refractivity contribution is -0.131. The lowest BCUT2D eigenvalue weighted by Gasteiger charge is -2.15. The van der Waals surface area contributed by atoms with E-state index >= 15 is 0 Å². The third-order valence-corrected chi connectivity index (χ3v) is 7.12. The van der Waals surface area contributed by atoms with Crippen molar-refractivity contribution in [1.82, 2.24) is 15.4 Å². The third-order valence-electron chi connectivity index (χ3n) is 6.13. The Kier molecular flexibility index (Phi) is 5.36. The number of nitrogens with zero attached hydrogens (tertiary/aromatic N) is 2. The Morgan fingerprint density at radius 1 is 1.25 bits per heavy atom. The number of carbonyl (C=O) groups is 1. The van der Waals surface area contributed by atoms with Gasteiger partial charge in [-0.3, -0.25) is 15.0 Å². The second kappa shape index (κ2) is 8.33. The predicted molar refractivity (Wildman–Crippen MR) is 123 cm³/mol. The summed E-state index contributed by atoms with van der Waals surface area (Å²) in [7, 11) is 0. The number of aryl methyl sites for hydroxylation is 1. The van der Waals surface area contributed by atoms with Gasteiger partial charge in [0.2, 0.25) is 5.91 Å². The molecule has 2 aromatic carbocycles. The molecule has 162 valence electrons. The molecule has 2 N–H and O–H groups in total. The Morgan fingerprint density at radius 2 is 2.06 bits per heavy atom. The van der Waals surface area contributed by atoms with Crippen LogP contribution in [0.3, 0.4) is 0 Å². The maximum Gasteiger partial charge on any atom is 0.247 e. The first-order chi connectivity index (χ1) is 15.6. The topological polar surface area (TPSA) is 84.3 Å². The van der Waals surface area contributed by atoms with E-state index < -0.39 is 0 Å². The molecule has 6 nitrogen and oxygen atoms in total. The summed E-state index contributed by atoms with van der Waals surface area (Å²) < 4.78 is 6.07. The standard InChI is InChI=1S/C25H23N3O3S/c1-16-12-18(20-4-2-3-5-22(20)27-16)15-31-19-8-6-17(7-9-19)13-25(24-26-10-11-32-24)14-21(25)23(29)28-30/h2-12,21,30H,13-15H2,1H3,(H,28,29)/t21-,25+/m1/s1. The van der Waals surface area contributed by atoms with Gasteiger partial charge in [-0.1, -0.05) is 30.3 Å². The number of pyridine rings is 1. The van der Waals surface area contributed by atoms with Crippen LogP contribution in [0.15, 0.2) is 66.2 Å². The van der Waals surface area contributed by atoms with E-state index in [0.29, 0.717) is 19.4 Å². The summed E-state index contributed by atoms with van der Waals surface area (Å²) in [4.78, 5) is 21.1. The normalized spacial score (nSPS) is 19.6. The van der Waals surface area contributed by atoms with E-state index in [1.165, 1.54) is 0 Å². The molecule has 1 aliphatic carbocycles. The van der Waals surface area contributed by atoms with Crippen LogP contribution in [-0.2, 0) is 23.2 Å². The fourth-order valence-electron chi connectivity index (χ4n) is 4.45. The molecule has 0 unspecified atom stereocenters. The average Bonchev–Trinajstić information content (AvgIpc) is 3.26. The van der Waals surface area contributed by atoms with Gasteiger partial charge in [0, 0.05) is 33.6 Å². The monoisotopic (exact) mass is 445 g/mol. The van der Waals surface area contributed by atoms with Crippen LogP contribution in [0, 0.1) is 12.8 Å². The number of fused-ring (bicyclic) bond motifs is 1. The molecule has 0 bridgehead atoms. The summed E-state index contributed by atoms with van der Waals surface area (Å²) >= 11 is 1.55. The summed E-state index contributed by atoms with van der Waals surface area (Å²) in [6, 6.07) is 18.1. The van der Waals surface area contributed by atoms with Crippen molar-refractivity contribution in [1.29, 1.82) is 0 Å². The maximum absolute atomic E-state index is 12.1. The molecule has 0 saturated heterocycles. The van der Waals surface area contributed by atoms with Gasteiger partial charge in [0.1, 0.15) is 12.4 Å². The van der Waals surface area contributed by atoms with Gasteiger partial charge in [-0.15, -0.1) is 11.3 Å². The maximum atomic E-state index is 12.1. The first-order valence-corrected chi connectivity index (χ1v) is 11.4. The van der Waals surface area contributed by atoms with Gasteiger partial charge in [0.25, 0.3) is 0 Å². The van der Waals surface area contributed by atoms with Crippen LogP contribution in [0.25, 0.3) is 10.9 Å². The molecule has 0 spiro atoms. The van der Waals surface area contributed by atoms with E-state index in [9.17, 15) is 4.79 Å². The number of carbonyl (C=O) groups excluding carboxylic acids is 1. The molecule has 0 radical (unpaired) electrons. The second-order valence-electron chi connectivity index (χ2n) is 8.28. The van der Waals surface area contributed by atoms with Gasteiger partial charge in [-0.05, 0) is 49.6 Å². The average molecular weight is 446 g/mol. The zero-order valence-corrected chi connectivity index (χ0v) is 18.4. The van der Waals surface area contributed by atoms with E-state index in [1.54, 1.807) is 23.0 Å². The summed E-state index contributed by atoms with van der Waals surface area (Å²) in [5.74, 6) is 0.175. The van der Waals surface area contributed by atoms with Crippen LogP contribution in [0.4, 0.5) is 0 Å². The minimum absolute atomic E-state index is 0.266. The van der Waals surface area contributed by atoms with Crippen molar-refractivity contribution in [2.75, 3.05) is 0 Å². The Labute approximate surface area is 189 Å². The highest BCUT2D eigenvalue weighted by Gasteiger charge is 2.60. The first-order valence-electron chi connectivity index (χ1n) is 10.5. The lowest BCUT2D eigenvalue weighted by atomic mass is 9.94. The zero-order valence-electron chi connectivity index (χ0n) is 17.6. The molecule has 1 saturated carbocycles. The van der Waals surface area contributed by atoms with E-state index in [0.717, 1.165) is 38.5 Å². The number of hydroxylamine groups is 1. The molecule has 32 heavy (non-hydrogen) atoms. The lowest BCUT2D eigenvalue weighted by Crippen LogP contribution is -2.26. The van der Waals surface area contributed by atoms with Crippen LogP contribution in [-0.4, -0.2) is 21.1 Å². The van der Waals surface area contributed by atoms with Crippen LogP contribution < -0.4 is 10.2 Å². The van der Waals surface area contributed by atoms with Crippen LogP contribution in [0.2, 0.25) is 0 Å². The Hall–Kier alpha value is -3.29.